The van der Waals surface area contributed by atoms with Crippen LogP contribution in [-0.4, -0.2) is 23.7 Å². The quantitative estimate of drug-likeness (QED) is 0.264. The SMILES string of the molecule is CCOC(=O)C1(/C=C/CBr)CCCCCC1=O. The summed E-state index contributed by atoms with van der Waals surface area (Å²) in [5.41, 5.74) is -1.03. The van der Waals surface area contributed by atoms with Gasteiger partial charge in [0.15, 0.2) is 5.78 Å². The second kappa shape index (κ2) is 6.94. The van der Waals surface area contributed by atoms with Gasteiger partial charge in [-0.05, 0) is 19.8 Å². The van der Waals surface area contributed by atoms with Crippen LogP contribution in [0.3, 0.4) is 0 Å². The second-order valence-corrected chi connectivity index (χ2v) is 4.88. The summed E-state index contributed by atoms with van der Waals surface area (Å²) in [6.07, 6.45) is 7.39. The summed E-state index contributed by atoms with van der Waals surface area (Å²) in [4.78, 5) is 24.3. The van der Waals surface area contributed by atoms with Crippen molar-refractivity contribution in [3.05, 3.63) is 12.2 Å². The molecule has 0 aromatic rings. The minimum absolute atomic E-state index is 0.00523. The summed E-state index contributed by atoms with van der Waals surface area (Å²) in [7, 11) is 0. The number of carbonyl (C=O) groups excluding carboxylic acids is 2. The lowest BCUT2D eigenvalue weighted by Crippen LogP contribution is -2.38. The molecule has 1 atom stereocenters. The molecule has 1 aliphatic carbocycles. The van der Waals surface area contributed by atoms with E-state index in [0.717, 1.165) is 19.3 Å². The first-order chi connectivity index (χ1) is 8.17. The van der Waals surface area contributed by atoms with E-state index in [1.54, 1.807) is 13.0 Å². The van der Waals surface area contributed by atoms with E-state index < -0.39 is 5.41 Å². The molecule has 1 fully saturated rings. The summed E-state index contributed by atoms with van der Waals surface area (Å²) in [6, 6.07) is 0. The maximum atomic E-state index is 12.2. The van der Waals surface area contributed by atoms with E-state index in [1.807, 2.05) is 6.08 Å². The van der Waals surface area contributed by atoms with Gasteiger partial charge in [0.2, 0.25) is 0 Å². The molecule has 0 spiro atoms. The van der Waals surface area contributed by atoms with Crippen LogP contribution in [0.15, 0.2) is 12.2 Å². The molecular formula is C13H19BrO3. The van der Waals surface area contributed by atoms with Crippen LogP contribution in [0.5, 0.6) is 0 Å². The Kier molecular flexibility index (Phi) is 5.89. The van der Waals surface area contributed by atoms with Gasteiger partial charge in [0.25, 0.3) is 0 Å². The number of hydrogen-bond acceptors (Lipinski definition) is 3. The van der Waals surface area contributed by atoms with E-state index in [0.29, 0.717) is 24.8 Å². The number of ketones is 1. The van der Waals surface area contributed by atoms with Crippen LogP contribution in [0.1, 0.15) is 39.0 Å². The molecule has 0 radical (unpaired) electrons. The van der Waals surface area contributed by atoms with Crippen molar-refractivity contribution in [3.8, 4) is 0 Å². The normalized spacial score (nSPS) is 25.9. The second-order valence-electron chi connectivity index (χ2n) is 4.23. The number of Topliss-reactive ketones (excluding diaryl/α,β-unsaturated/α-hetero) is 1. The van der Waals surface area contributed by atoms with Crippen molar-refractivity contribution in [2.75, 3.05) is 11.9 Å². The van der Waals surface area contributed by atoms with Gasteiger partial charge in [-0.15, -0.1) is 0 Å². The third kappa shape index (κ3) is 3.41. The van der Waals surface area contributed by atoms with Crippen molar-refractivity contribution in [2.45, 2.75) is 39.0 Å². The molecule has 0 heterocycles. The molecule has 0 amide bonds. The van der Waals surface area contributed by atoms with Gasteiger partial charge in [-0.3, -0.25) is 9.59 Å². The molecule has 0 aromatic heterocycles. The Bertz CT molecular complexity index is 312. The largest absolute Gasteiger partial charge is 0.465 e. The fourth-order valence-corrected chi connectivity index (χ4v) is 2.38. The van der Waals surface area contributed by atoms with E-state index in [1.165, 1.54) is 0 Å². The molecule has 4 heteroatoms. The highest BCUT2D eigenvalue weighted by molar-refractivity contribution is 9.09. The molecule has 0 aromatic carbocycles. The maximum absolute atomic E-state index is 12.2. The molecule has 1 aliphatic rings. The minimum atomic E-state index is -1.03. The molecule has 0 N–H and O–H groups in total. The van der Waals surface area contributed by atoms with Crippen LogP contribution in [0.2, 0.25) is 0 Å². The van der Waals surface area contributed by atoms with Crippen molar-refractivity contribution in [1.29, 1.82) is 0 Å². The summed E-state index contributed by atoms with van der Waals surface area (Å²) < 4.78 is 5.08. The van der Waals surface area contributed by atoms with Crippen molar-refractivity contribution in [2.24, 2.45) is 5.41 Å². The van der Waals surface area contributed by atoms with Gasteiger partial charge in [-0.2, -0.15) is 0 Å². The number of hydrogen-bond donors (Lipinski definition) is 0. The topological polar surface area (TPSA) is 43.4 Å². The molecule has 17 heavy (non-hydrogen) atoms. The zero-order chi connectivity index (χ0) is 12.7. The highest BCUT2D eigenvalue weighted by atomic mass is 79.9. The van der Waals surface area contributed by atoms with Crippen molar-refractivity contribution in [3.63, 3.8) is 0 Å². The van der Waals surface area contributed by atoms with E-state index in [4.69, 9.17) is 4.74 Å². The van der Waals surface area contributed by atoms with Crippen molar-refractivity contribution < 1.29 is 14.3 Å². The summed E-state index contributed by atoms with van der Waals surface area (Å²) in [5.74, 6) is -0.380. The zero-order valence-corrected chi connectivity index (χ0v) is 11.8. The molecule has 1 saturated carbocycles. The smallest absolute Gasteiger partial charge is 0.323 e. The van der Waals surface area contributed by atoms with E-state index in [9.17, 15) is 9.59 Å². The molecule has 0 bridgehead atoms. The number of ether oxygens (including phenoxy) is 1. The molecule has 96 valence electrons. The molecule has 0 saturated heterocycles. The molecule has 0 aliphatic heterocycles. The number of rotatable bonds is 4. The third-order valence-electron chi connectivity index (χ3n) is 3.10. The lowest BCUT2D eigenvalue weighted by molar-refractivity contribution is -0.157. The Labute approximate surface area is 111 Å². The summed E-state index contributed by atoms with van der Waals surface area (Å²) >= 11 is 3.28. The van der Waals surface area contributed by atoms with E-state index >= 15 is 0 Å². The van der Waals surface area contributed by atoms with E-state index in [2.05, 4.69) is 15.9 Å². The van der Waals surface area contributed by atoms with Gasteiger partial charge < -0.3 is 4.74 Å². The Morgan fingerprint density at radius 2 is 2.24 bits per heavy atom. The van der Waals surface area contributed by atoms with Crippen molar-refractivity contribution in [1.82, 2.24) is 0 Å². The maximum Gasteiger partial charge on any atom is 0.323 e. The Morgan fingerprint density at radius 3 is 2.88 bits per heavy atom. The van der Waals surface area contributed by atoms with Gasteiger partial charge in [0.05, 0.1) is 6.61 Å². The lowest BCUT2D eigenvalue weighted by atomic mass is 9.79. The van der Waals surface area contributed by atoms with E-state index in [-0.39, 0.29) is 11.8 Å². The van der Waals surface area contributed by atoms with Gasteiger partial charge in [0, 0.05) is 11.8 Å². The highest BCUT2D eigenvalue weighted by Gasteiger charge is 2.44. The van der Waals surface area contributed by atoms with Gasteiger partial charge in [-0.1, -0.05) is 40.9 Å². The fraction of sp³-hybridized carbons (Fsp3) is 0.692. The Morgan fingerprint density at radius 1 is 1.47 bits per heavy atom. The average Bonchev–Trinajstić information content (AvgIpc) is 2.50. The Hall–Kier alpha value is -0.640. The van der Waals surface area contributed by atoms with Crippen LogP contribution in [0.4, 0.5) is 0 Å². The minimum Gasteiger partial charge on any atom is -0.465 e. The predicted molar refractivity (Wildman–Crippen MR) is 70.1 cm³/mol. The van der Waals surface area contributed by atoms with Crippen LogP contribution in [0, 0.1) is 5.41 Å². The molecular weight excluding hydrogens is 284 g/mol. The first kappa shape index (κ1) is 14.4. The monoisotopic (exact) mass is 302 g/mol. The standard InChI is InChI=1S/C13H19BrO3/c1-2-17-12(16)13(9-6-10-14)8-5-3-4-7-11(13)15/h6,9H,2-5,7-8,10H2,1H3/b9-6+. The number of carbonyl (C=O) groups is 2. The molecule has 1 rings (SSSR count). The van der Waals surface area contributed by atoms with Crippen LogP contribution < -0.4 is 0 Å². The first-order valence-electron chi connectivity index (χ1n) is 6.11. The van der Waals surface area contributed by atoms with Gasteiger partial charge in [0.1, 0.15) is 5.41 Å². The Balaban J connectivity index is 3.01. The number of esters is 1. The summed E-state index contributed by atoms with van der Waals surface area (Å²) in [5, 5.41) is 0.640. The molecule has 1 unspecified atom stereocenters. The third-order valence-corrected chi connectivity index (χ3v) is 3.48. The average molecular weight is 303 g/mol. The fourth-order valence-electron chi connectivity index (χ4n) is 2.19. The lowest BCUT2D eigenvalue weighted by Gasteiger charge is -2.25. The first-order valence-corrected chi connectivity index (χ1v) is 7.23. The molecule has 3 nitrogen and oxygen atoms in total. The van der Waals surface area contributed by atoms with Crippen LogP contribution >= 0.6 is 15.9 Å². The van der Waals surface area contributed by atoms with Crippen molar-refractivity contribution >= 4 is 27.7 Å². The van der Waals surface area contributed by atoms with Gasteiger partial charge in [-0.25, -0.2) is 0 Å². The number of allylic oxidation sites excluding steroid dienone is 1. The zero-order valence-electron chi connectivity index (χ0n) is 10.2. The van der Waals surface area contributed by atoms with Gasteiger partial charge >= 0.3 is 5.97 Å². The summed E-state index contributed by atoms with van der Waals surface area (Å²) in [6.45, 7) is 2.08. The van der Waals surface area contributed by atoms with Crippen LogP contribution in [0.25, 0.3) is 0 Å². The van der Waals surface area contributed by atoms with Crippen LogP contribution in [-0.2, 0) is 14.3 Å². The number of halogens is 1. The number of alkyl halides is 1. The highest BCUT2D eigenvalue weighted by Crippen LogP contribution is 2.35. The predicted octanol–water partition coefficient (Wildman–Crippen LogP) is 3.02.